The Balaban J connectivity index is 0.984. The molecule has 282 valence electrons. The minimum absolute atomic E-state index is 0.0927. The molecule has 2 fully saturated rings. The molecule has 0 radical (unpaired) electrons. The Morgan fingerprint density at radius 3 is 2.27 bits per heavy atom. The highest BCUT2D eigenvalue weighted by Crippen LogP contribution is 2.36. The topological polar surface area (TPSA) is 175 Å². The van der Waals surface area contributed by atoms with Crippen molar-refractivity contribution in [3.8, 4) is 22.5 Å². The van der Waals surface area contributed by atoms with Gasteiger partial charge in [-0.05, 0) is 67.5 Å². The van der Waals surface area contributed by atoms with E-state index in [9.17, 15) is 14.4 Å². The minimum Gasteiger partial charge on any atom is -0.453 e. The van der Waals surface area contributed by atoms with E-state index in [2.05, 4.69) is 33.5 Å². The first-order chi connectivity index (χ1) is 26.7. The Kier molecular flexibility index (Phi) is 9.78. The first-order valence-electron chi connectivity index (χ1n) is 18.9. The maximum atomic E-state index is 13.6. The molecule has 13 heteroatoms. The van der Waals surface area contributed by atoms with E-state index in [1.807, 2.05) is 84.3 Å². The molecule has 2 aliphatic heterocycles. The van der Waals surface area contributed by atoms with Crippen LogP contribution in [0.5, 0.6) is 0 Å². The largest absolute Gasteiger partial charge is 0.453 e. The van der Waals surface area contributed by atoms with Crippen LogP contribution in [0.1, 0.15) is 74.9 Å². The quantitative estimate of drug-likeness (QED) is 0.129. The van der Waals surface area contributed by atoms with E-state index < -0.39 is 18.2 Å². The van der Waals surface area contributed by atoms with Crippen LogP contribution in [-0.4, -0.2) is 78.9 Å². The lowest BCUT2D eigenvalue weighted by Crippen LogP contribution is -2.51. The molecule has 0 spiro atoms. The predicted molar refractivity (Wildman–Crippen MR) is 209 cm³/mol. The number of rotatable bonds is 9. The van der Waals surface area contributed by atoms with Crippen molar-refractivity contribution >= 4 is 39.8 Å². The molecule has 5 heterocycles. The van der Waals surface area contributed by atoms with Crippen molar-refractivity contribution in [2.75, 3.05) is 20.2 Å². The van der Waals surface area contributed by atoms with Crippen molar-refractivity contribution in [2.45, 2.75) is 63.7 Å². The summed E-state index contributed by atoms with van der Waals surface area (Å²) in [5, 5.41) is 3.68. The van der Waals surface area contributed by atoms with Gasteiger partial charge in [-0.3, -0.25) is 9.59 Å². The number of amides is 3. The number of nitrogens with zero attached hydrogens (tertiary/aromatic N) is 5. The number of hydrogen-bond acceptors (Lipinski definition) is 8. The minimum atomic E-state index is -0.716. The van der Waals surface area contributed by atoms with Crippen molar-refractivity contribution in [1.82, 2.24) is 40.0 Å². The SMILES string of the molecule is COC(=O)N[C@H](C(=O)N1CCC[C@H]1c1ncc(-c2ccc3nc(-c4ccc5nc([C@@H]6CCCN6C(=O)[C@H](N)c6ccccc6)[nH]c5c4)ccc3c2)[nH]1)C(C)C. The number of H-pyrrole nitrogens is 2. The van der Waals surface area contributed by atoms with E-state index in [1.165, 1.54) is 7.11 Å². The number of nitrogens with two attached hydrogens (primary N) is 1. The van der Waals surface area contributed by atoms with Crippen LogP contribution in [0.3, 0.4) is 0 Å². The number of methoxy groups -OCH3 is 1. The fourth-order valence-corrected chi connectivity index (χ4v) is 7.94. The highest BCUT2D eigenvalue weighted by Gasteiger charge is 2.38. The van der Waals surface area contributed by atoms with Crippen LogP contribution in [0.25, 0.3) is 44.5 Å². The Morgan fingerprint density at radius 1 is 0.818 bits per heavy atom. The summed E-state index contributed by atoms with van der Waals surface area (Å²) in [7, 11) is 1.29. The molecule has 0 saturated carbocycles. The number of ether oxygens (including phenoxy) is 1. The molecule has 55 heavy (non-hydrogen) atoms. The Labute approximate surface area is 318 Å². The maximum Gasteiger partial charge on any atom is 0.407 e. The van der Waals surface area contributed by atoms with E-state index in [0.29, 0.717) is 13.1 Å². The number of fused-ring (bicyclic) bond motifs is 2. The number of pyridine rings is 1. The van der Waals surface area contributed by atoms with Crippen molar-refractivity contribution in [2.24, 2.45) is 11.7 Å². The van der Waals surface area contributed by atoms with Crippen molar-refractivity contribution < 1.29 is 19.1 Å². The molecule has 13 nitrogen and oxygen atoms in total. The average Bonchev–Trinajstić information content (AvgIpc) is 4.05. The van der Waals surface area contributed by atoms with Crippen LogP contribution in [0.2, 0.25) is 0 Å². The van der Waals surface area contributed by atoms with Gasteiger partial charge < -0.3 is 35.6 Å². The van der Waals surface area contributed by atoms with Crippen LogP contribution < -0.4 is 11.1 Å². The third-order valence-electron chi connectivity index (χ3n) is 10.9. The van der Waals surface area contributed by atoms with E-state index >= 15 is 0 Å². The standard InChI is InChI=1S/C42H45N9O4/c1-24(2)37(49-42(54)55-3)41(53)51-20-7-11-34(51)38-44-23-33(48-38)27-14-17-29-26(21-27)13-16-30(45-29)28-15-18-31-32(22-28)47-39(46-31)35-12-8-19-50(35)40(52)36(43)25-9-5-4-6-10-25/h4-6,9-10,13-18,21-24,34-37H,7-8,11-12,19-20,43H2,1-3H3,(H,44,48)(H,46,47)(H,49,54)/t34-,35-,36+,37-/m0/s1. The van der Waals surface area contributed by atoms with Crippen LogP contribution in [0.15, 0.2) is 85.1 Å². The monoisotopic (exact) mass is 739 g/mol. The van der Waals surface area contributed by atoms with E-state index in [4.69, 9.17) is 25.4 Å². The molecule has 3 aromatic heterocycles. The van der Waals surface area contributed by atoms with Gasteiger partial charge in [0.15, 0.2) is 0 Å². The molecular weight excluding hydrogens is 695 g/mol. The van der Waals surface area contributed by atoms with Gasteiger partial charge in [-0.25, -0.2) is 19.7 Å². The number of alkyl carbamates (subject to hydrolysis) is 1. The summed E-state index contributed by atoms with van der Waals surface area (Å²) >= 11 is 0. The van der Waals surface area contributed by atoms with E-state index in [0.717, 1.165) is 87.3 Å². The summed E-state index contributed by atoms with van der Waals surface area (Å²) in [6, 6.07) is 24.0. The molecular formula is C42H45N9O4. The number of carbonyl (C=O) groups excluding carboxylic acids is 3. The lowest BCUT2D eigenvalue weighted by Gasteiger charge is -2.30. The number of carbonyl (C=O) groups is 3. The maximum absolute atomic E-state index is 13.6. The van der Waals surface area contributed by atoms with Crippen molar-refractivity contribution in [1.29, 1.82) is 0 Å². The number of benzene rings is 3. The Morgan fingerprint density at radius 2 is 1.53 bits per heavy atom. The second kappa shape index (κ2) is 15.0. The van der Waals surface area contributed by atoms with Gasteiger partial charge in [0.05, 0.1) is 53.3 Å². The first kappa shape index (κ1) is 35.9. The fourth-order valence-electron chi connectivity index (χ4n) is 7.94. The summed E-state index contributed by atoms with van der Waals surface area (Å²) in [6.45, 7) is 5.04. The molecule has 2 aliphatic rings. The number of nitrogens with one attached hydrogen (secondary N) is 3. The van der Waals surface area contributed by atoms with Gasteiger partial charge in [-0.15, -0.1) is 0 Å². The molecule has 2 saturated heterocycles. The molecule has 0 unspecified atom stereocenters. The number of aromatic nitrogens is 5. The van der Waals surface area contributed by atoms with Gasteiger partial charge in [0, 0.05) is 29.6 Å². The second-order valence-electron chi connectivity index (χ2n) is 14.8. The lowest BCUT2D eigenvalue weighted by molar-refractivity contribution is -0.135. The zero-order valence-corrected chi connectivity index (χ0v) is 31.2. The van der Waals surface area contributed by atoms with E-state index in [-0.39, 0.29) is 29.8 Å². The molecule has 0 aliphatic carbocycles. The first-order valence-corrected chi connectivity index (χ1v) is 18.9. The highest BCUT2D eigenvalue weighted by atomic mass is 16.5. The smallest absolute Gasteiger partial charge is 0.407 e. The van der Waals surface area contributed by atoms with Crippen molar-refractivity contribution in [3.63, 3.8) is 0 Å². The summed E-state index contributed by atoms with van der Waals surface area (Å²) in [6.07, 6.45) is 4.51. The van der Waals surface area contributed by atoms with Gasteiger partial charge in [-0.1, -0.05) is 62.4 Å². The van der Waals surface area contributed by atoms with Gasteiger partial charge in [-0.2, -0.15) is 0 Å². The Bertz CT molecular complexity index is 2370. The number of imidazole rings is 2. The highest BCUT2D eigenvalue weighted by molar-refractivity contribution is 5.89. The normalized spacial score (nSPS) is 18.3. The molecule has 8 rings (SSSR count). The molecule has 5 N–H and O–H groups in total. The second-order valence-corrected chi connectivity index (χ2v) is 14.8. The zero-order valence-electron chi connectivity index (χ0n) is 31.2. The zero-order chi connectivity index (χ0) is 38.2. The van der Waals surface area contributed by atoms with Crippen LogP contribution in [0.4, 0.5) is 4.79 Å². The van der Waals surface area contributed by atoms with Gasteiger partial charge in [0.2, 0.25) is 11.8 Å². The van der Waals surface area contributed by atoms with E-state index in [1.54, 1.807) is 6.20 Å². The lowest BCUT2D eigenvalue weighted by atomic mass is 10.0. The summed E-state index contributed by atoms with van der Waals surface area (Å²) in [5.41, 5.74) is 13.4. The van der Waals surface area contributed by atoms with Gasteiger partial charge in [0.25, 0.3) is 0 Å². The average molecular weight is 740 g/mol. The fraction of sp³-hybridized carbons (Fsp3) is 0.333. The van der Waals surface area contributed by atoms with Crippen LogP contribution in [0, 0.1) is 5.92 Å². The van der Waals surface area contributed by atoms with Gasteiger partial charge in [0.1, 0.15) is 23.7 Å². The molecule has 3 amide bonds. The summed E-state index contributed by atoms with van der Waals surface area (Å²) in [5.74, 6) is 1.14. The number of hydrogen-bond donors (Lipinski definition) is 4. The Hall–Kier alpha value is -6.08. The number of aromatic amines is 2. The molecule has 0 bridgehead atoms. The number of likely N-dealkylation sites (tertiary alicyclic amines) is 2. The predicted octanol–water partition coefficient (Wildman–Crippen LogP) is 6.58. The summed E-state index contributed by atoms with van der Waals surface area (Å²) in [4.78, 5) is 64.2. The van der Waals surface area contributed by atoms with Gasteiger partial charge >= 0.3 is 6.09 Å². The molecule has 4 atom stereocenters. The van der Waals surface area contributed by atoms with Crippen LogP contribution in [-0.2, 0) is 14.3 Å². The molecule has 6 aromatic rings. The summed E-state index contributed by atoms with van der Waals surface area (Å²) < 4.78 is 4.76. The third-order valence-corrected chi connectivity index (χ3v) is 10.9. The third kappa shape index (κ3) is 7.03. The molecule has 3 aromatic carbocycles. The van der Waals surface area contributed by atoms with Crippen molar-refractivity contribution in [3.05, 3.63) is 102 Å². The van der Waals surface area contributed by atoms with Crippen LogP contribution >= 0.6 is 0 Å².